The third-order valence-electron chi connectivity index (χ3n) is 4.78. The Kier molecular flexibility index (Phi) is 5.39. The monoisotopic (exact) mass is 409 g/mol. The fourth-order valence-electron chi connectivity index (χ4n) is 3.27. The highest BCUT2D eigenvalue weighted by atomic mass is 35.5. The number of carbonyl (C=O) groups excluding carboxylic acids is 1. The van der Waals surface area contributed by atoms with Crippen molar-refractivity contribution in [3.8, 4) is 11.3 Å². The number of aromatic nitrogens is 2. The largest absolute Gasteiger partial charge is 0.469 e. The number of anilines is 1. The number of nitrogens with zero attached hydrogens (tertiary/aromatic N) is 2. The average Bonchev–Trinajstić information content (AvgIpc) is 2.51. The van der Waals surface area contributed by atoms with Gasteiger partial charge < -0.3 is 4.74 Å². The van der Waals surface area contributed by atoms with Crippen LogP contribution in [-0.4, -0.2) is 36.7 Å². The summed E-state index contributed by atoms with van der Waals surface area (Å²) in [6.45, 7) is 3.88. The molecule has 7 nitrogen and oxygen atoms in total. The Bertz CT molecular complexity index is 974. The number of carbonyl (C=O) groups is 1. The molecule has 2 aromatic rings. The van der Waals surface area contributed by atoms with Gasteiger partial charge in [-0.3, -0.25) is 9.52 Å². The number of rotatable bonds is 5. The second-order valence-corrected chi connectivity index (χ2v) is 8.85. The molecule has 0 aliphatic heterocycles. The summed E-state index contributed by atoms with van der Waals surface area (Å²) in [5.41, 5.74) is 3.38. The van der Waals surface area contributed by atoms with Crippen LogP contribution in [0.2, 0.25) is 5.15 Å². The Balaban J connectivity index is 1.92. The number of nitrogens with one attached hydrogen (secondary N) is 1. The molecule has 1 aliphatic rings. The van der Waals surface area contributed by atoms with Crippen LogP contribution in [0, 0.1) is 19.8 Å². The predicted octanol–water partition coefficient (Wildman–Crippen LogP) is 3.11. The molecule has 1 fully saturated rings. The zero-order valence-corrected chi connectivity index (χ0v) is 16.8. The van der Waals surface area contributed by atoms with Crippen molar-refractivity contribution in [2.45, 2.75) is 31.9 Å². The summed E-state index contributed by atoms with van der Waals surface area (Å²) in [5.74, 6) is -1.32. The van der Waals surface area contributed by atoms with E-state index >= 15 is 0 Å². The number of hydrogen-bond donors (Lipinski definition) is 1. The molecule has 0 spiro atoms. The molecule has 1 aromatic carbocycles. The molecule has 1 aromatic heterocycles. The Morgan fingerprint density at radius 1 is 1.22 bits per heavy atom. The van der Waals surface area contributed by atoms with Gasteiger partial charge in [-0.25, -0.2) is 18.4 Å². The van der Waals surface area contributed by atoms with Crippen LogP contribution in [0.3, 0.4) is 0 Å². The van der Waals surface area contributed by atoms with E-state index < -0.39 is 27.2 Å². The van der Waals surface area contributed by atoms with Gasteiger partial charge in [0.1, 0.15) is 5.15 Å². The zero-order valence-electron chi connectivity index (χ0n) is 15.2. The minimum atomic E-state index is -3.85. The third-order valence-corrected chi connectivity index (χ3v) is 6.80. The van der Waals surface area contributed by atoms with Crippen LogP contribution in [0.4, 0.5) is 5.95 Å². The lowest BCUT2D eigenvalue weighted by molar-refractivity contribution is -0.147. The number of benzene rings is 1. The molecule has 1 N–H and O–H groups in total. The minimum absolute atomic E-state index is 0.115. The van der Waals surface area contributed by atoms with Gasteiger partial charge in [-0.2, -0.15) is 0 Å². The first kappa shape index (κ1) is 19.6. The zero-order chi connectivity index (χ0) is 19.8. The second kappa shape index (κ2) is 7.44. The lowest BCUT2D eigenvalue weighted by Crippen LogP contribution is -2.46. The smallest absolute Gasteiger partial charge is 0.310 e. The van der Waals surface area contributed by atoms with E-state index in [1.54, 1.807) is 6.07 Å². The molecule has 1 saturated carbocycles. The second-order valence-electron chi connectivity index (χ2n) is 6.56. The number of sulfonamides is 1. The molecule has 3 rings (SSSR count). The average molecular weight is 410 g/mol. The molecule has 0 saturated heterocycles. The van der Waals surface area contributed by atoms with Gasteiger partial charge in [0.05, 0.1) is 24.0 Å². The van der Waals surface area contributed by atoms with Crippen LogP contribution in [0.1, 0.15) is 24.0 Å². The van der Waals surface area contributed by atoms with Crippen molar-refractivity contribution >= 4 is 33.5 Å². The number of ether oxygens (including phenoxy) is 1. The van der Waals surface area contributed by atoms with Crippen molar-refractivity contribution < 1.29 is 17.9 Å². The molecule has 27 heavy (non-hydrogen) atoms. The number of hydrogen-bond acceptors (Lipinski definition) is 6. The lowest BCUT2D eigenvalue weighted by atomic mass is 9.85. The van der Waals surface area contributed by atoms with Crippen molar-refractivity contribution in [2.24, 2.45) is 5.92 Å². The van der Waals surface area contributed by atoms with Crippen molar-refractivity contribution in [1.82, 2.24) is 9.97 Å². The van der Waals surface area contributed by atoms with Gasteiger partial charge in [0.2, 0.25) is 16.0 Å². The van der Waals surface area contributed by atoms with E-state index in [0.717, 1.165) is 16.7 Å². The Morgan fingerprint density at radius 3 is 2.44 bits per heavy atom. The highest BCUT2D eigenvalue weighted by Crippen LogP contribution is 2.35. The number of esters is 1. The van der Waals surface area contributed by atoms with Crippen LogP contribution in [0.15, 0.2) is 24.3 Å². The summed E-state index contributed by atoms with van der Waals surface area (Å²) in [6, 6.07) is 7.41. The van der Waals surface area contributed by atoms with Crippen molar-refractivity contribution in [2.75, 3.05) is 11.8 Å². The molecular weight excluding hydrogens is 390 g/mol. The van der Waals surface area contributed by atoms with Gasteiger partial charge in [0, 0.05) is 11.6 Å². The van der Waals surface area contributed by atoms with E-state index in [0.29, 0.717) is 18.5 Å². The maximum Gasteiger partial charge on any atom is 0.310 e. The summed E-state index contributed by atoms with van der Waals surface area (Å²) in [4.78, 5) is 20.0. The maximum atomic E-state index is 12.7. The van der Waals surface area contributed by atoms with Crippen LogP contribution in [0.5, 0.6) is 0 Å². The SMILES string of the molecule is COC(=O)C1CCC1S(=O)(=O)Nc1nc(Cl)cc(-c2c(C)cccc2C)n1. The quantitative estimate of drug-likeness (QED) is 0.601. The topological polar surface area (TPSA) is 98.2 Å². The summed E-state index contributed by atoms with van der Waals surface area (Å²) in [7, 11) is -2.61. The third kappa shape index (κ3) is 3.91. The van der Waals surface area contributed by atoms with E-state index in [1.807, 2.05) is 32.0 Å². The molecule has 0 amide bonds. The Hall–Kier alpha value is -2.19. The summed E-state index contributed by atoms with van der Waals surface area (Å²) in [6.07, 6.45) is 0.849. The molecule has 0 bridgehead atoms. The van der Waals surface area contributed by atoms with Gasteiger partial charge >= 0.3 is 5.97 Å². The summed E-state index contributed by atoms with van der Waals surface area (Å²) >= 11 is 6.10. The number of halogens is 1. The minimum Gasteiger partial charge on any atom is -0.469 e. The summed E-state index contributed by atoms with van der Waals surface area (Å²) < 4.78 is 32.4. The van der Waals surface area contributed by atoms with Crippen LogP contribution < -0.4 is 4.72 Å². The summed E-state index contributed by atoms with van der Waals surface area (Å²) in [5, 5.41) is -0.741. The van der Waals surface area contributed by atoms with E-state index in [4.69, 9.17) is 11.6 Å². The number of methoxy groups -OCH3 is 1. The molecule has 9 heteroatoms. The van der Waals surface area contributed by atoms with Crippen LogP contribution >= 0.6 is 11.6 Å². The fraction of sp³-hybridized carbons (Fsp3) is 0.389. The van der Waals surface area contributed by atoms with Gasteiger partial charge in [-0.1, -0.05) is 29.8 Å². The predicted molar refractivity (Wildman–Crippen MR) is 103 cm³/mol. The first-order chi connectivity index (χ1) is 12.7. The standard InChI is InChI=1S/C18H20ClN3O4S/c1-10-5-4-6-11(2)16(10)13-9-15(19)21-18(20-13)22-27(24,25)14-8-7-12(14)17(23)26-3/h4-6,9,12,14H,7-8H2,1-3H3,(H,20,21,22). The van der Waals surface area contributed by atoms with Gasteiger partial charge in [0.25, 0.3) is 0 Å². The van der Waals surface area contributed by atoms with Gasteiger partial charge in [0.15, 0.2) is 0 Å². The molecule has 0 radical (unpaired) electrons. The molecule has 2 unspecified atom stereocenters. The highest BCUT2D eigenvalue weighted by Gasteiger charge is 2.46. The van der Waals surface area contributed by atoms with E-state index in [1.165, 1.54) is 7.11 Å². The van der Waals surface area contributed by atoms with Crippen LogP contribution in [0.25, 0.3) is 11.3 Å². The normalized spacial score (nSPS) is 19.3. The van der Waals surface area contributed by atoms with E-state index in [9.17, 15) is 13.2 Å². The van der Waals surface area contributed by atoms with Crippen molar-refractivity contribution in [3.63, 3.8) is 0 Å². The molecule has 2 atom stereocenters. The number of aryl methyl sites for hydroxylation is 2. The fourth-order valence-corrected chi connectivity index (χ4v) is 5.08. The lowest BCUT2D eigenvalue weighted by Gasteiger charge is -2.33. The molecule has 1 heterocycles. The first-order valence-corrected chi connectivity index (χ1v) is 10.4. The van der Waals surface area contributed by atoms with Crippen molar-refractivity contribution in [1.29, 1.82) is 0 Å². The van der Waals surface area contributed by atoms with Crippen LogP contribution in [-0.2, 0) is 19.6 Å². The first-order valence-electron chi connectivity index (χ1n) is 8.43. The van der Waals surface area contributed by atoms with E-state index in [2.05, 4.69) is 19.4 Å². The Morgan fingerprint density at radius 2 is 1.89 bits per heavy atom. The molecular formula is C18H20ClN3O4S. The maximum absolute atomic E-state index is 12.7. The molecule has 1 aliphatic carbocycles. The van der Waals surface area contributed by atoms with Gasteiger partial charge in [-0.15, -0.1) is 0 Å². The highest BCUT2D eigenvalue weighted by molar-refractivity contribution is 7.93. The Labute approximate surface area is 163 Å². The van der Waals surface area contributed by atoms with Gasteiger partial charge in [-0.05, 0) is 37.8 Å². The molecule has 144 valence electrons. The van der Waals surface area contributed by atoms with E-state index in [-0.39, 0.29) is 11.1 Å². The van der Waals surface area contributed by atoms with Crippen molar-refractivity contribution in [3.05, 3.63) is 40.5 Å².